The summed E-state index contributed by atoms with van der Waals surface area (Å²) in [5.41, 5.74) is 1.45. The molecule has 0 saturated heterocycles. The van der Waals surface area contributed by atoms with E-state index in [9.17, 15) is 4.79 Å². The highest BCUT2D eigenvalue weighted by Crippen LogP contribution is 2.22. The predicted octanol–water partition coefficient (Wildman–Crippen LogP) is 2.04. The Morgan fingerprint density at radius 3 is 2.90 bits per heavy atom. The average Bonchev–Trinajstić information content (AvgIpc) is 3.03. The van der Waals surface area contributed by atoms with E-state index in [1.165, 1.54) is 12.1 Å². The Balaban J connectivity index is 2.06. The lowest BCUT2D eigenvalue weighted by atomic mass is 10.2. The van der Waals surface area contributed by atoms with Crippen molar-refractivity contribution in [2.75, 3.05) is 0 Å². The first-order valence-electron chi connectivity index (χ1n) is 6.07. The smallest absolute Gasteiger partial charge is 0.335 e. The Morgan fingerprint density at radius 1 is 1.45 bits per heavy atom. The fourth-order valence-electron chi connectivity index (χ4n) is 2.03. The van der Waals surface area contributed by atoms with Crippen molar-refractivity contribution in [3.63, 3.8) is 0 Å². The van der Waals surface area contributed by atoms with Crippen molar-refractivity contribution in [3.05, 3.63) is 41.6 Å². The van der Waals surface area contributed by atoms with Gasteiger partial charge in [-0.3, -0.25) is 0 Å². The summed E-state index contributed by atoms with van der Waals surface area (Å²) < 4.78 is 7.15. The van der Waals surface area contributed by atoms with E-state index in [-0.39, 0.29) is 11.6 Å². The van der Waals surface area contributed by atoms with Gasteiger partial charge in [-0.05, 0) is 32.0 Å². The molecule has 3 rings (SSSR count). The molecule has 1 N–H and O–H groups in total. The van der Waals surface area contributed by atoms with Crippen molar-refractivity contribution in [3.8, 4) is 0 Å². The van der Waals surface area contributed by atoms with E-state index in [0.29, 0.717) is 11.4 Å². The molecule has 2 heterocycles. The number of hydrogen-bond acceptors (Lipinski definition) is 5. The molecule has 0 aliphatic rings. The Bertz CT molecular complexity index is 790. The highest BCUT2D eigenvalue weighted by molar-refractivity contribution is 5.92. The second-order valence-electron chi connectivity index (χ2n) is 4.53. The highest BCUT2D eigenvalue weighted by Gasteiger charge is 2.18. The van der Waals surface area contributed by atoms with Gasteiger partial charge in [0.25, 0.3) is 0 Å². The van der Waals surface area contributed by atoms with Crippen LogP contribution in [-0.4, -0.2) is 31.1 Å². The summed E-state index contributed by atoms with van der Waals surface area (Å²) in [5, 5.41) is 17.0. The Kier molecular flexibility index (Phi) is 2.74. The standard InChI is InChI=1S/C13H12N4O3/c1-7-6-14-12(20-7)8(2)17-11-4-3-9(13(18)19)5-10(11)15-16-17/h3-6,8H,1-2H3,(H,18,19). The van der Waals surface area contributed by atoms with Gasteiger partial charge in [0, 0.05) is 0 Å². The van der Waals surface area contributed by atoms with Crippen molar-refractivity contribution in [1.82, 2.24) is 20.0 Å². The number of carboxylic acids is 1. The largest absolute Gasteiger partial charge is 0.478 e. The van der Waals surface area contributed by atoms with Crippen molar-refractivity contribution < 1.29 is 14.3 Å². The topological polar surface area (TPSA) is 94.0 Å². The normalized spacial score (nSPS) is 12.7. The second kappa shape index (κ2) is 4.44. The summed E-state index contributed by atoms with van der Waals surface area (Å²) in [7, 11) is 0. The number of aryl methyl sites for hydroxylation is 1. The van der Waals surface area contributed by atoms with Crippen LogP contribution >= 0.6 is 0 Å². The number of aromatic carboxylic acids is 1. The first kappa shape index (κ1) is 12.3. The van der Waals surface area contributed by atoms with Gasteiger partial charge in [0.15, 0.2) is 0 Å². The Hall–Kier alpha value is -2.70. The third-order valence-electron chi connectivity index (χ3n) is 3.08. The van der Waals surface area contributed by atoms with Gasteiger partial charge in [0.1, 0.15) is 17.3 Å². The van der Waals surface area contributed by atoms with Crippen molar-refractivity contribution in [1.29, 1.82) is 0 Å². The van der Waals surface area contributed by atoms with Gasteiger partial charge >= 0.3 is 5.97 Å². The number of fused-ring (bicyclic) bond motifs is 1. The van der Waals surface area contributed by atoms with Crippen LogP contribution in [0.5, 0.6) is 0 Å². The van der Waals surface area contributed by atoms with Crippen LogP contribution in [0.3, 0.4) is 0 Å². The summed E-state index contributed by atoms with van der Waals surface area (Å²) >= 11 is 0. The van der Waals surface area contributed by atoms with Gasteiger partial charge in [-0.2, -0.15) is 0 Å². The first-order valence-corrected chi connectivity index (χ1v) is 6.07. The molecular weight excluding hydrogens is 260 g/mol. The lowest BCUT2D eigenvalue weighted by Crippen LogP contribution is -2.09. The zero-order valence-corrected chi connectivity index (χ0v) is 10.9. The number of rotatable bonds is 3. The van der Waals surface area contributed by atoms with Gasteiger partial charge in [0.05, 0.1) is 17.3 Å². The van der Waals surface area contributed by atoms with Gasteiger partial charge < -0.3 is 9.52 Å². The van der Waals surface area contributed by atoms with Crippen LogP contribution in [0.2, 0.25) is 0 Å². The molecule has 7 heteroatoms. The van der Waals surface area contributed by atoms with Gasteiger partial charge in [-0.25, -0.2) is 14.5 Å². The quantitative estimate of drug-likeness (QED) is 0.784. The molecule has 0 aliphatic carbocycles. The summed E-state index contributed by atoms with van der Waals surface area (Å²) in [6, 6.07) is 4.49. The number of hydrogen-bond donors (Lipinski definition) is 1. The molecule has 2 aromatic heterocycles. The molecule has 0 aliphatic heterocycles. The molecule has 3 aromatic rings. The van der Waals surface area contributed by atoms with E-state index >= 15 is 0 Å². The molecule has 1 aromatic carbocycles. The third-order valence-corrected chi connectivity index (χ3v) is 3.08. The lowest BCUT2D eigenvalue weighted by molar-refractivity contribution is 0.0697. The minimum atomic E-state index is -0.988. The maximum absolute atomic E-state index is 10.9. The number of carbonyl (C=O) groups is 1. The van der Waals surface area contributed by atoms with E-state index in [0.717, 1.165) is 11.3 Å². The number of oxazole rings is 1. The Morgan fingerprint density at radius 2 is 2.25 bits per heavy atom. The van der Waals surface area contributed by atoms with Crippen LogP contribution in [0.15, 0.2) is 28.8 Å². The van der Waals surface area contributed by atoms with Crippen molar-refractivity contribution >= 4 is 17.0 Å². The van der Waals surface area contributed by atoms with Crippen LogP contribution in [0.1, 0.15) is 35.0 Å². The number of nitrogens with zero attached hydrogens (tertiary/aromatic N) is 4. The molecule has 0 saturated carbocycles. The summed E-state index contributed by atoms with van der Waals surface area (Å²) in [5.74, 6) is 0.277. The SMILES string of the molecule is Cc1cnc(C(C)n2nnc3cc(C(=O)O)ccc32)o1. The molecule has 7 nitrogen and oxygen atoms in total. The molecular formula is C13H12N4O3. The van der Waals surface area contributed by atoms with E-state index in [2.05, 4.69) is 15.3 Å². The zero-order chi connectivity index (χ0) is 14.3. The van der Waals surface area contributed by atoms with Crippen molar-refractivity contribution in [2.24, 2.45) is 0 Å². The molecule has 0 fully saturated rings. The van der Waals surface area contributed by atoms with Crippen molar-refractivity contribution in [2.45, 2.75) is 19.9 Å². The van der Waals surface area contributed by atoms with E-state index < -0.39 is 5.97 Å². The molecule has 0 bridgehead atoms. The number of carboxylic acid groups (broad SMARTS) is 1. The maximum Gasteiger partial charge on any atom is 0.335 e. The summed E-state index contributed by atoms with van der Waals surface area (Å²) in [6.07, 6.45) is 1.65. The van der Waals surface area contributed by atoms with Crippen LogP contribution in [0, 0.1) is 6.92 Å². The minimum absolute atomic E-state index is 0.184. The fraction of sp³-hybridized carbons (Fsp3) is 0.231. The number of benzene rings is 1. The summed E-state index contributed by atoms with van der Waals surface area (Å²) in [4.78, 5) is 15.1. The average molecular weight is 272 g/mol. The monoisotopic (exact) mass is 272 g/mol. The number of aromatic nitrogens is 4. The van der Waals surface area contributed by atoms with Gasteiger partial charge in [0.2, 0.25) is 5.89 Å². The van der Waals surface area contributed by atoms with Gasteiger partial charge in [-0.1, -0.05) is 5.21 Å². The molecule has 1 unspecified atom stereocenters. The third kappa shape index (κ3) is 1.93. The maximum atomic E-state index is 10.9. The Labute approximate surface area is 113 Å². The summed E-state index contributed by atoms with van der Waals surface area (Å²) in [6.45, 7) is 3.71. The lowest BCUT2D eigenvalue weighted by Gasteiger charge is -2.08. The minimum Gasteiger partial charge on any atom is -0.478 e. The molecule has 102 valence electrons. The van der Waals surface area contributed by atoms with E-state index in [4.69, 9.17) is 9.52 Å². The van der Waals surface area contributed by atoms with Crippen LogP contribution in [0.4, 0.5) is 0 Å². The molecule has 0 amide bonds. The second-order valence-corrected chi connectivity index (χ2v) is 4.53. The molecule has 0 radical (unpaired) electrons. The molecule has 1 atom stereocenters. The molecule has 0 spiro atoms. The first-order chi connectivity index (χ1) is 9.56. The van der Waals surface area contributed by atoms with Crippen LogP contribution in [-0.2, 0) is 0 Å². The van der Waals surface area contributed by atoms with Gasteiger partial charge in [-0.15, -0.1) is 5.10 Å². The highest BCUT2D eigenvalue weighted by atomic mass is 16.4. The van der Waals surface area contributed by atoms with Crippen LogP contribution < -0.4 is 0 Å². The zero-order valence-electron chi connectivity index (χ0n) is 10.9. The van der Waals surface area contributed by atoms with E-state index in [1.54, 1.807) is 16.9 Å². The molecule has 20 heavy (non-hydrogen) atoms. The predicted molar refractivity (Wildman–Crippen MR) is 69.5 cm³/mol. The van der Waals surface area contributed by atoms with Crippen LogP contribution in [0.25, 0.3) is 11.0 Å². The van der Waals surface area contributed by atoms with E-state index in [1.807, 2.05) is 13.8 Å². The fourth-order valence-corrected chi connectivity index (χ4v) is 2.03.